The van der Waals surface area contributed by atoms with E-state index in [1.807, 2.05) is 60.7 Å². The van der Waals surface area contributed by atoms with Crippen molar-refractivity contribution in [2.24, 2.45) is 0 Å². The maximum absolute atomic E-state index is 12.2. The summed E-state index contributed by atoms with van der Waals surface area (Å²) in [5.41, 5.74) is 3.64. The molecule has 2 aromatic carbocycles. The second-order valence-electron chi connectivity index (χ2n) is 4.32. The Morgan fingerprint density at radius 2 is 1.76 bits per heavy atom. The van der Waals surface area contributed by atoms with E-state index in [9.17, 15) is 4.79 Å². The molecule has 0 bridgehead atoms. The van der Waals surface area contributed by atoms with Crippen molar-refractivity contribution in [2.75, 3.05) is 0 Å². The zero-order valence-corrected chi connectivity index (χ0v) is 12.4. The Labute approximate surface area is 129 Å². The smallest absolute Gasteiger partial charge is 0.324 e. The van der Waals surface area contributed by atoms with E-state index in [-0.39, 0.29) is 12.6 Å². The van der Waals surface area contributed by atoms with Crippen LogP contribution in [-0.2, 0) is 16.1 Å². The first kappa shape index (κ1) is 15.2. The molecule has 1 unspecified atom stereocenters. The van der Waals surface area contributed by atoms with Crippen LogP contribution in [0.25, 0.3) is 0 Å². The van der Waals surface area contributed by atoms with Crippen molar-refractivity contribution in [3.05, 3.63) is 84.6 Å². The van der Waals surface area contributed by atoms with Crippen molar-refractivity contribution < 1.29 is 9.53 Å². The van der Waals surface area contributed by atoms with E-state index in [0.717, 1.165) is 10.5 Å². The Hall–Kier alpha value is -2.22. The zero-order valence-electron chi connectivity index (χ0n) is 11.6. The molecule has 2 aromatic rings. The number of esters is 1. The first-order valence-corrected chi connectivity index (χ1v) is 7.46. The Kier molecular flexibility index (Phi) is 5.89. The van der Waals surface area contributed by atoms with Gasteiger partial charge < -0.3 is 4.74 Å². The van der Waals surface area contributed by atoms with Crippen molar-refractivity contribution >= 4 is 17.7 Å². The molecule has 0 saturated carbocycles. The van der Waals surface area contributed by atoms with Crippen molar-refractivity contribution in [2.45, 2.75) is 16.8 Å². The average molecular weight is 296 g/mol. The van der Waals surface area contributed by atoms with Crippen LogP contribution in [0.5, 0.6) is 0 Å². The van der Waals surface area contributed by atoms with Crippen LogP contribution in [-0.4, -0.2) is 11.2 Å². The van der Waals surface area contributed by atoms with E-state index >= 15 is 0 Å². The minimum absolute atomic E-state index is 0.274. The van der Waals surface area contributed by atoms with Gasteiger partial charge in [-0.15, -0.1) is 17.5 Å². The average Bonchev–Trinajstić information content (AvgIpc) is 2.54. The van der Waals surface area contributed by atoms with Gasteiger partial charge in [0.2, 0.25) is 0 Å². The van der Waals surface area contributed by atoms with Gasteiger partial charge in [0.1, 0.15) is 11.9 Å². The Bertz CT molecular complexity index is 616. The summed E-state index contributed by atoms with van der Waals surface area (Å²) in [4.78, 5) is 13.2. The van der Waals surface area contributed by atoms with Crippen LogP contribution >= 0.6 is 11.8 Å². The number of rotatable bonds is 6. The van der Waals surface area contributed by atoms with E-state index in [2.05, 4.69) is 12.3 Å². The van der Waals surface area contributed by atoms with Gasteiger partial charge in [-0.05, 0) is 23.8 Å². The topological polar surface area (TPSA) is 26.3 Å². The van der Waals surface area contributed by atoms with E-state index in [4.69, 9.17) is 4.74 Å². The fourth-order valence-electron chi connectivity index (χ4n) is 1.71. The molecule has 1 atom stereocenters. The molecule has 0 fully saturated rings. The second-order valence-corrected chi connectivity index (χ2v) is 5.53. The lowest BCUT2D eigenvalue weighted by Gasteiger charge is -2.11. The van der Waals surface area contributed by atoms with Crippen molar-refractivity contribution in [3.63, 3.8) is 0 Å². The van der Waals surface area contributed by atoms with E-state index in [1.54, 1.807) is 6.08 Å². The Morgan fingerprint density at radius 1 is 1.14 bits per heavy atom. The minimum Gasteiger partial charge on any atom is -0.460 e. The number of hydrogen-bond acceptors (Lipinski definition) is 3. The summed E-state index contributed by atoms with van der Waals surface area (Å²) < 4.78 is 5.36. The van der Waals surface area contributed by atoms with E-state index < -0.39 is 5.25 Å². The van der Waals surface area contributed by atoms with Crippen LogP contribution < -0.4 is 0 Å². The van der Waals surface area contributed by atoms with Gasteiger partial charge in [0, 0.05) is 4.90 Å². The summed E-state index contributed by atoms with van der Waals surface area (Å²) in [7, 11) is 0. The third-order valence-corrected chi connectivity index (χ3v) is 3.86. The molecule has 0 aromatic heterocycles. The second kappa shape index (κ2) is 8.15. The summed E-state index contributed by atoms with van der Waals surface area (Å²) in [5.74, 6) is -0.288. The molecule has 2 nitrogen and oxygen atoms in total. The number of benzene rings is 2. The SMILES string of the molecule is C=C=CC(Sc1ccccc1)C(=O)OCc1ccccc1. The highest BCUT2D eigenvalue weighted by Gasteiger charge is 2.18. The molecule has 2 rings (SSSR count). The van der Waals surface area contributed by atoms with Gasteiger partial charge in [-0.2, -0.15) is 0 Å². The van der Waals surface area contributed by atoms with Gasteiger partial charge in [-0.1, -0.05) is 55.1 Å². The third-order valence-electron chi connectivity index (χ3n) is 2.73. The number of carbonyl (C=O) groups is 1. The third kappa shape index (κ3) is 4.99. The Morgan fingerprint density at radius 3 is 2.38 bits per heavy atom. The number of ether oxygens (including phenoxy) is 1. The minimum atomic E-state index is -0.436. The first-order chi connectivity index (χ1) is 10.3. The largest absolute Gasteiger partial charge is 0.460 e. The first-order valence-electron chi connectivity index (χ1n) is 6.58. The van der Waals surface area contributed by atoms with Gasteiger partial charge in [0.25, 0.3) is 0 Å². The fourth-order valence-corrected chi connectivity index (χ4v) is 2.65. The molecule has 0 aliphatic rings. The lowest BCUT2D eigenvalue weighted by molar-refractivity contribution is -0.143. The molecule has 0 heterocycles. The predicted molar refractivity (Wildman–Crippen MR) is 86.0 cm³/mol. The van der Waals surface area contributed by atoms with Crippen LogP contribution in [0, 0.1) is 0 Å². The molecule has 3 heteroatoms. The highest BCUT2D eigenvalue weighted by Crippen LogP contribution is 2.25. The van der Waals surface area contributed by atoms with Gasteiger partial charge in [-0.3, -0.25) is 4.79 Å². The quantitative estimate of drug-likeness (QED) is 0.453. The molecule has 0 spiro atoms. The standard InChI is InChI=1S/C18H16O2S/c1-2-9-17(21-16-12-7-4-8-13-16)18(19)20-14-15-10-5-3-6-11-15/h3-13,17H,1,14H2. The lowest BCUT2D eigenvalue weighted by Crippen LogP contribution is -2.17. The van der Waals surface area contributed by atoms with Crippen molar-refractivity contribution in [1.82, 2.24) is 0 Å². The highest BCUT2D eigenvalue weighted by molar-refractivity contribution is 8.00. The fraction of sp³-hybridized carbons (Fsp3) is 0.111. The van der Waals surface area contributed by atoms with E-state index in [1.165, 1.54) is 11.8 Å². The summed E-state index contributed by atoms with van der Waals surface area (Å²) in [6, 6.07) is 19.4. The van der Waals surface area contributed by atoms with Gasteiger partial charge >= 0.3 is 5.97 Å². The maximum atomic E-state index is 12.2. The Balaban J connectivity index is 1.97. The van der Waals surface area contributed by atoms with Gasteiger partial charge in [0.15, 0.2) is 0 Å². The maximum Gasteiger partial charge on any atom is 0.324 e. The van der Waals surface area contributed by atoms with Gasteiger partial charge in [0.05, 0.1) is 0 Å². The summed E-state index contributed by atoms with van der Waals surface area (Å²) in [5, 5.41) is -0.436. The van der Waals surface area contributed by atoms with Crippen molar-refractivity contribution in [1.29, 1.82) is 0 Å². The number of carbonyl (C=O) groups excluding carboxylic acids is 1. The van der Waals surface area contributed by atoms with E-state index in [0.29, 0.717) is 0 Å². The number of thioether (sulfide) groups is 1. The molecule has 0 saturated heterocycles. The predicted octanol–water partition coefficient (Wildman–Crippen LogP) is 4.23. The molecule has 0 N–H and O–H groups in total. The van der Waals surface area contributed by atoms with Crippen LogP contribution in [0.15, 0.2) is 83.9 Å². The van der Waals surface area contributed by atoms with Crippen molar-refractivity contribution in [3.8, 4) is 0 Å². The summed E-state index contributed by atoms with van der Waals surface area (Å²) in [6.45, 7) is 3.82. The number of hydrogen-bond donors (Lipinski definition) is 0. The van der Waals surface area contributed by atoms with Crippen LogP contribution in [0.2, 0.25) is 0 Å². The van der Waals surface area contributed by atoms with Crippen LogP contribution in [0.1, 0.15) is 5.56 Å². The molecule has 106 valence electrons. The lowest BCUT2D eigenvalue weighted by atomic mass is 10.2. The summed E-state index contributed by atoms with van der Waals surface area (Å²) in [6.07, 6.45) is 1.63. The summed E-state index contributed by atoms with van der Waals surface area (Å²) >= 11 is 1.42. The van der Waals surface area contributed by atoms with Gasteiger partial charge in [-0.25, -0.2) is 0 Å². The molecular weight excluding hydrogens is 280 g/mol. The molecule has 0 aliphatic heterocycles. The molecule has 0 aliphatic carbocycles. The molecular formula is C18H16O2S. The highest BCUT2D eigenvalue weighted by atomic mass is 32.2. The molecule has 21 heavy (non-hydrogen) atoms. The van der Waals surface area contributed by atoms with Crippen LogP contribution in [0.3, 0.4) is 0 Å². The normalized spacial score (nSPS) is 11.2. The zero-order chi connectivity index (χ0) is 14.9. The molecule has 0 radical (unpaired) electrons. The molecule has 0 amide bonds. The van der Waals surface area contributed by atoms with Crippen LogP contribution in [0.4, 0.5) is 0 Å². The monoisotopic (exact) mass is 296 g/mol.